The number of rotatable bonds is 13. The van der Waals surface area contributed by atoms with Gasteiger partial charge in [0.15, 0.2) is 0 Å². The molecule has 0 saturated heterocycles. The predicted octanol–water partition coefficient (Wildman–Crippen LogP) is -0.643. The number of benzene rings is 1. The van der Waals surface area contributed by atoms with Gasteiger partial charge in [0, 0.05) is 23.5 Å². The van der Waals surface area contributed by atoms with E-state index in [4.69, 9.17) is 16.6 Å². The lowest BCUT2D eigenvalue weighted by Gasteiger charge is -2.23. The summed E-state index contributed by atoms with van der Waals surface area (Å²) in [4.78, 5) is 51.9. The fourth-order valence-electron chi connectivity index (χ4n) is 3.35. The van der Waals surface area contributed by atoms with Crippen molar-refractivity contribution in [2.75, 3.05) is 13.1 Å². The van der Waals surface area contributed by atoms with Gasteiger partial charge in [-0.2, -0.15) is 0 Å². The summed E-state index contributed by atoms with van der Waals surface area (Å²) in [6.07, 6.45) is 3.40. The number of aromatic amines is 1. The average molecular weight is 461 g/mol. The highest BCUT2D eigenvalue weighted by Crippen LogP contribution is 2.19. The lowest BCUT2D eigenvalue weighted by atomic mass is 10.0. The van der Waals surface area contributed by atoms with E-state index >= 15 is 0 Å². The van der Waals surface area contributed by atoms with E-state index in [9.17, 15) is 19.2 Å². The SMILES string of the molecule is CC(N)C(=O)NC(Cc1c[nH]c2ccccc12)C(=O)NC(CCCCN)C(=O)NCC(=O)O. The van der Waals surface area contributed by atoms with Crippen LogP contribution in [0, 0.1) is 0 Å². The molecule has 11 heteroatoms. The first-order valence-electron chi connectivity index (χ1n) is 10.8. The number of nitrogens with two attached hydrogens (primary N) is 2. The van der Waals surface area contributed by atoms with Gasteiger partial charge in [0.2, 0.25) is 17.7 Å². The molecule has 11 nitrogen and oxygen atoms in total. The van der Waals surface area contributed by atoms with Crippen molar-refractivity contribution in [3.8, 4) is 0 Å². The molecule has 3 atom stereocenters. The van der Waals surface area contributed by atoms with Crippen LogP contribution in [0.3, 0.4) is 0 Å². The Morgan fingerprint density at radius 2 is 1.73 bits per heavy atom. The maximum atomic E-state index is 13.2. The van der Waals surface area contributed by atoms with Gasteiger partial charge in [0.25, 0.3) is 0 Å². The third kappa shape index (κ3) is 7.88. The smallest absolute Gasteiger partial charge is 0.322 e. The zero-order valence-corrected chi connectivity index (χ0v) is 18.6. The number of hydrogen-bond acceptors (Lipinski definition) is 6. The minimum absolute atomic E-state index is 0.167. The van der Waals surface area contributed by atoms with Crippen molar-refractivity contribution in [1.29, 1.82) is 0 Å². The third-order valence-electron chi connectivity index (χ3n) is 5.14. The van der Waals surface area contributed by atoms with Crippen LogP contribution in [0.25, 0.3) is 10.9 Å². The number of carbonyl (C=O) groups is 4. The molecule has 2 rings (SSSR count). The summed E-state index contributed by atoms with van der Waals surface area (Å²) >= 11 is 0. The van der Waals surface area contributed by atoms with E-state index in [0.717, 1.165) is 16.5 Å². The molecule has 2 aromatic rings. The van der Waals surface area contributed by atoms with Crippen LogP contribution in [0.5, 0.6) is 0 Å². The largest absolute Gasteiger partial charge is 0.480 e. The maximum Gasteiger partial charge on any atom is 0.322 e. The Morgan fingerprint density at radius 1 is 1.03 bits per heavy atom. The lowest BCUT2D eigenvalue weighted by Crippen LogP contribution is -2.56. The molecule has 1 aromatic carbocycles. The molecule has 0 spiro atoms. The van der Waals surface area contributed by atoms with Crippen LogP contribution in [0.1, 0.15) is 31.7 Å². The average Bonchev–Trinajstić information content (AvgIpc) is 3.19. The molecular formula is C22H32N6O5. The number of hydrogen-bond donors (Lipinski definition) is 7. The quantitative estimate of drug-likeness (QED) is 0.193. The van der Waals surface area contributed by atoms with E-state index in [1.54, 1.807) is 6.20 Å². The van der Waals surface area contributed by atoms with Crippen molar-refractivity contribution in [3.63, 3.8) is 0 Å². The topological polar surface area (TPSA) is 192 Å². The Kier molecular flexibility index (Phi) is 9.83. The Balaban J connectivity index is 2.21. The van der Waals surface area contributed by atoms with Crippen molar-refractivity contribution < 1.29 is 24.3 Å². The third-order valence-corrected chi connectivity index (χ3v) is 5.14. The molecule has 9 N–H and O–H groups in total. The molecule has 1 heterocycles. The van der Waals surface area contributed by atoms with Gasteiger partial charge >= 0.3 is 5.97 Å². The van der Waals surface area contributed by atoms with E-state index in [1.807, 2.05) is 24.3 Å². The van der Waals surface area contributed by atoms with Crippen molar-refractivity contribution in [2.24, 2.45) is 11.5 Å². The van der Waals surface area contributed by atoms with Crippen molar-refractivity contribution in [2.45, 2.75) is 50.7 Å². The number of aliphatic carboxylic acids is 1. The van der Waals surface area contributed by atoms with Gasteiger partial charge in [0.1, 0.15) is 18.6 Å². The van der Waals surface area contributed by atoms with E-state index < -0.39 is 48.4 Å². The lowest BCUT2D eigenvalue weighted by molar-refractivity contribution is -0.138. The fraction of sp³-hybridized carbons (Fsp3) is 0.455. The summed E-state index contributed by atoms with van der Waals surface area (Å²) in [6, 6.07) is 4.75. The highest BCUT2D eigenvalue weighted by Gasteiger charge is 2.28. The summed E-state index contributed by atoms with van der Waals surface area (Å²) in [6.45, 7) is 1.36. The van der Waals surface area contributed by atoms with E-state index in [0.29, 0.717) is 19.4 Å². The van der Waals surface area contributed by atoms with Crippen molar-refractivity contribution >= 4 is 34.6 Å². The van der Waals surface area contributed by atoms with Gasteiger partial charge in [0.05, 0.1) is 6.04 Å². The zero-order chi connectivity index (χ0) is 24.4. The van der Waals surface area contributed by atoms with Gasteiger partial charge in [-0.05, 0) is 44.4 Å². The van der Waals surface area contributed by atoms with E-state index in [1.165, 1.54) is 6.92 Å². The predicted molar refractivity (Wildman–Crippen MR) is 123 cm³/mol. The van der Waals surface area contributed by atoms with E-state index in [2.05, 4.69) is 20.9 Å². The van der Waals surface area contributed by atoms with E-state index in [-0.39, 0.29) is 12.8 Å². The number of unbranched alkanes of at least 4 members (excludes halogenated alkanes) is 1. The van der Waals surface area contributed by atoms with Crippen LogP contribution in [-0.2, 0) is 25.6 Å². The first kappa shape index (κ1) is 25.8. The number of carboxylic acid groups (broad SMARTS) is 1. The molecule has 180 valence electrons. The van der Waals surface area contributed by atoms with Gasteiger partial charge in [-0.25, -0.2) is 0 Å². The van der Waals surface area contributed by atoms with Crippen LogP contribution >= 0.6 is 0 Å². The molecule has 0 aliphatic heterocycles. The summed E-state index contributed by atoms with van der Waals surface area (Å²) in [7, 11) is 0. The van der Waals surface area contributed by atoms with Gasteiger partial charge in [-0.15, -0.1) is 0 Å². The monoisotopic (exact) mass is 460 g/mol. The summed E-state index contributed by atoms with van der Waals surface area (Å²) in [5.41, 5.74) is 12.9. The highest BCUT2D eigenvalue weighted by molar-refractivity contribution is 5.94. The summed E-state index contributed by atoms with van der Waals surface area (Å²) in [5, 5.41) is 17.3. The van der Waals surface area contributed by atoms with Crippen molar-refractivity contribution in [1.82, 2.24) is 20.9 Å². The Bertz CT molecular complexity index is 973. The molecule has 0 aliphatic carbocycles. The second-order valence-electron chi connectivity index (χ2n) is 7.87. The molecule has 0 aliphatic rings. The number of para-hydroxylation sites is 1. The molecule has 1 aromatic heterocycles. The second-order valence-corrected chi connectivity index (χ2v) is 7.87. The molecule has 33 heavy (non-hydrogen) atoms. The Labute approximate surface area is 191 Å². The summed E-state index contributed by atoms with van der Waals surface area (Å²) in [5.74, 6) is -2.90. The minimum atomic E-state index is -1.20. The van der Waals surface area contributed by atoms with Gasteiger partial charge in [-0.3, -0.25) is 19.2 Å². The standard InChI is InChI=1S/C22H32N6O5/c1-13(24)20(31)28-18(10-14-11-25-16-7-3-2-6-15(14)16)22(33)27-17(8-4-5-9-23)21(32)26-12-19(29)30/h2-3,6-7,11,13,17-18,25H,4-5,8-10,12,23-24H2,1H3,(H,26,32)(H,27,33)(H,28,31)(H,29,30). The molecule has 0 saturated carbocycles. The normalized spacial score (nSPS) is 13.7. The number of H-pyrrole nitrogens is 1. The first-order chi connectivity index (χ1) is 15.7. The molecule has 3 unspecified atom stereocenters. The number of carbonyl (C=O) groups excluding carboxylic acids is 3. The number of amides is 3. The first-order valence-corrected chi connectivity index (χ1v) is 10.8. The Hall–Kier alpha value is -3.44. The highest BCUT2D eigenvalue weighted by atomic mass is 16.4. The number of carboxylic acids is 1. The number of fused-ring (bicyclic) bond motifs is 1. The molecule has 0 fully saturated rings. The van der Waals surface area contributed by atoms with Gasteiger partial charge < -0.3 is 37.5 Å². The van der Waals surface area contributed by atoms with Gasteiger partial charge in [-0.1, -0.05) is 18.2 Å². The summed E-state index contributed by atoms with van der Waals surface area (Å²) < 4.78 is 0. The molecule has 0 radical (unpaired) electrons. The fourth-order valence-corrected chi connectivity index (χ4v) is 3.35. The van der Waals surface area contributed by atoms with Crippen LogP contribution in [0.4, 0.5) is 0 Å². The number of nitrogens with one attached hydrogen (secondary N) is 4. The molecule has 0 bridgehead atoms. The maximum absolute atomic E-state index is 13.2. The second kappa shape index (κ2) is 12.6. The van der Waals surface area contributed by atoms with Crippen LogP contribution in [0.15, 0.2) is 30.5 Å². The molecule has 3 amide bonds. The zero-order valence-electron chi connectivity index (χ0n) is 18.6. The minimum Gasteiger partial charge on any atom is -0.480 e. The number of aromatic nitrogens is 1. The van der Waals surface area contributed by atoms with Crippen LogP contribution < -0.4 is 27.4 Å². The van der Waals surface area contributed by atoms with Crippen LogP contribution in [-0.4, -0.2) is 65.0 Å². The Morgan fingerprint density at radius 3 is 2.39 bits per heavy atom. The molecular weight excluding hydrogens is 428 g/mol. The van der Waals surface area contributed by atoms with Crippen molar-refractivity contribution in [3.05, 3.63) is 36.0 Å². The van der Waals surface area contributed by atoms with Crippen LogP contribution in [0.2, 0.25) is 0 Å².